The van der Waals surface area contributed by atoms with E-state index in [1.807, 2.05) is 14.0 Å². The van der Waals surface area contributed by atoms with Gasteiger partial charge in [-0.05, 0) is 31.2 Å². The second kappa shape index (κ2) is 4.47. The van der Waals surface area contributed by atoms with E-state index in [-0.39, 0.29) is 11.6 Å². The molecule has 0 aliphatic rings. The number of halogens is 2. The molecule has 1 nitrogen and oxygen atoms in total. The highest BCUT2D eigenvalue weighted by atomic mass is 32.1. The predicted molar refractivity (Wildman–Crippen MR) is 63.9 cm³/mol. The molecule has 4 heteroatoms. The summed E-state index contributed by atoms with van der Waals surface area (Å²) in [7, 11) is 1.83. The Morgan fingerprint density at radius 1 is 1.25 bits per heavy atom. The summed E-state index contributed by atoms with van der Waals surface area (Å²) in [4.78, 5) is 1.02. The molecule has 0 atom stereocenters. The van der Waals surface area contributed by atoms with Crippen LogP contribution in [0.1, 0.15) is 17.4 Å². The lowest BCUT2D eigenvalue weighted by atomic mass is 10.1. The van der Waals surface area contributed by atoms with E-state index in [9.17, 15) is 8.78 Å². The molecule has 0 bridgehead atoms. The Morgan fingerprint density at radius 2 is 1.94 bits per heavy atom. The fourth-order valence-corrected chi connectivity index (χ4v) is 3.24. The number of hydrogen-bond acceptors (Lipinski definition) is 2. The monoisotopic (exact) mass is 241 g/mol. The van der Waals surface area contributed by atoms with Crippen LogP contribution >= 0.6 is 11.3 Å². The van der Waals surface area contributed by atoms with Crippen molar-refractivity contribution in [2.75, 3.05) is 7.05 Å². The van der Waals surface area contributed by atoms with Crippen LogP contribution in [-0.2, 0) is 13.0 Å². The summed E-state index contributed by atoms with van der Waals surface area (Å²) in [5.41, 5.74) is 0.923. The third-order valence-electron chi connectivity index (χ3n) is 2.61. The van der Waals surface area contributed by atoms with Gasteiger partial charge in [0.1, 0.15) is 11.6 Å². The first-order chi connectivity index (χ1) is 7.69. The Labute approximate surface area is 97.1 Å². The summed E-state index contributed by atoms with van der Waals surface area (Å²) in [5.74, 6) is -0.662. The van der Waals surface area contributed by atoms with Crippen molar-refractivity contribution in [2.45, 2.75) is 19.9 Å². The molecule has 0 saturated carbocycles. The molecule has 2 aromatic rings. The normalized spacial score (nSPS) is 11.2. The van der Waals surface area contributed by atoms with Crippen LogP contribution in [0.15, 0.2) is 12.1 Å². The minimum absolute atomic E-state index is 0.327. The number of fused-ring (bicyclic) bond motifs is 1. The molecule has 0 spiro atoms. The fraction of sp³-hybridized carbons (Fsp3) is 0.333. The molecule has 1 N–H and O–H groups in total. The van der Waals surface area contributed by atoms with E-state index in [1.54, 1.807) is 0 Å². The maximum absolute atomic E-state index is 13.7. The van der Waals surface area contributed by atoms with E-state index < -0.39 is 0 Å². The zero-order valence-corrected chi connectivity index (χ0v) is 10.0. The first-order valence-corrected chi connectivity index (χ1v) is 6.03. The van der Waals surface area contributed by atoms with E-state index >= 15 is 0 Å². The van der Waals surface area contributed by atoms with Crippen molar-refractivity contribution in [1.29, 1.82) is 0 Å². The minimum atomic E-state index is -0.335. The molecule has 0 saturated heterocycles. The molecule has 0 aliphatic carbocycles. The van der Waals surface area contributed by atoms with E-state index in [4.69, 9.17) is 0 Å². The third-order valence-corrected chi connectivity index (χ3v) is 3.85. The Bertz CT molecular complexity index is 519. The molecule has 0 unspecified atom stereocenters. The van der Waals surface area contributed by atoms with Gasteiger partial charge in [0.15, 0.2) is 0 Å². The van der Waals surface area contributed by atoms with Crippen molar-refractivity contribution < 1.29 is 8.78 Å². The largest absolute Gasteiger partial charge is 0.315 e. The molecule has 0 aliphatic heterocycles. The summed E-state index contributed by atoms with van der Waals surface area (Å²) in [6.07, 6.45) is 0.720. The standard InChI is InChI=1S/C12H13F2NS/c1-3-7-10(6-15-2)16-12-9(14)5-4-8(13)11(7)12/h4-5,15H,3,6H2,1-2H3. The number of aryl methyl sites for hydroxylation is 1. The SMILES string of the molecule is CCc1c(CNC)sc2c(F)ccc(F)c12. The molecular formula is C12H13F2NS. The van der Waals surface area contributed by atoms with Crippen LogP contribution in [0, 0.1) is 11.6 Å². The first kappa shape index (κ1) is 11.5. The van der Waals surface area contributed by atoms with Crippen molar-refractivity contribution in [2.24, 2.45) is 0 Å². The molecule has 0 fully saturated rings. The molecular weight excluding hydrogens is 228 g/mol. The van der Waals surface area contributed by atoms with Gasteiger partial charge in [-0.25, -0.2) is 8.78 Å². The van der Waals surface area contributed by atoms with Crippen LogP contribution in [0.3, 0.4) is 0 Å². The molecule has 86 valence electrons. The van der Waals surface area contributed by atoms with Crippen molar-refractivity contribution >= 4 is 21.4 Å². The Balaban J connectivity index is 2.76. The summed E-state index contributed by atoms with van der Waals surface area (Å²) >= 11 is 1.34. The summed E-state index contributed by atoms with van der Waals surface area (Å²) < 4.78 is 27.7. The van der Waals surface area contributed by atoms with Crippen LogP contribution in [0.5, 0.6) is 0 Å². The zero-order chi connectivity index (χ0) is 11.7. The fourth-order valence-electron chi connectivity index (χ4n) is 1.92. The van der Waals surface area contributed by atoms with Crippen molar-refractivity contribution in [3.05, 3.63) is 34.2 Å². The van der Waals surface area contributed by atoms with Gasteiger partial charge >= 0.3 is 0 Å². The number of benzene rings is 1. The topological polar surface area (TPSA) is 12.0 Å². The smallest absolute Gasteiger partial charge is 0.141 e. The van der Waals surface area contributed by atoms with Gasteiger partial charge in [0.2, 0.25) is 0 Å². The van der Waals surface area contributed by atoms with Gasteiger partial charge < -0.3 is 5.32 Å². The van der Waals surface area contributed by atoms with Crippen molar-refractivity contribution in [1.82, 2.24) is 5.32 Å². The average Bonchev–Trinajstić information content (AvgIpc) is 2.64. The highest BCUT2D eigenvalue weighted by molar-refractivity contribution is 7.19. The van der Waals surface area contributed by atoms with E-state index in [2.05, 4.69) is 5.32 Å². The second-order valence-electron chi connectivity index (χ2n) is 3.62. The Hall–Kier alpha value is -1.00. The van der Waals surface area contributed by atoms with Gasteiger partial charge in [-0.2, -0.15) is 0 Å². The molecule has 1 aromatic heterocycles. The Kier molecular flexibility index (Phi) is 3.21. The summed E-state index contributed by atoms with van der Waals surface area (Å²) in [6.45, 7) is 2.62. The number of thiophene rings is 1. The minimum Gasteiger partial charge on any atom is -0.315 e. The average molecular weight is 241 g/mol. The summed E-state index contributed by atoms with van der Waals surface area (Å²) in [6, 6.07) is 2.39. The molecule has 0 radical (unpaired) electrons. The third kappa shape index (κ3) is 1.72. The lowest BCUT2D eigenvalue weighted by Gasteiger charge is -2.01. The van der Waals surface area contributed by atoms with Gasteiger partial charge in [-0.3, -0.25) is 0 Å². The molecule has 2 rings (SSSR count). The van der Waals surface area contributed by atoms with E-state index in [1.165, 1.54) is 23.5 Å². The first-order valence-electron chi connectivity index (χ1n) is 5.21. The van der Waals surface area contributed by atoms with Crippen molar-refractivity contribution in [3.63, 3.8) is 0 Å². The lowest BCUT2D eigenvalue weighted by molar-refractivity contribution is 0.618. The predicted octanol–water partition coefficient (Wildman–Crippen LogP) is 3.46. The Morgan fingerprint density at radius 3 is 2.56 bits per heavy atom. The highest BCUT2D eigenvalue weighted by Gasteiger charge is 2.16. The van der Waals surface area contributed by atoms with Gasteiger partial charge in [-0.1, -0.05) is 6.92 Å². The molecule has 16 heavy (non-hydrogen) atoms. The lowest BCUT2D eigenvalue weighted by Crippen LogP contribution is -2.05. The maximum atomic E-state index is 13.7. The van der Waals surface area contributed by atoms with Gasteiger partial charge in [0.25, 0.3) is 0 Å². The summed E-state index contributed by atoms with van der Waals surface area (Å²) in [5, 5.41) is 3.48. The van der Waals surface area contributed by atoms with Gasteiger partial charge in [0.05, 0.1) is 4.70 Å². The van der Waals surface area contributed by atoms with E-state index in [0.717, 1.165) is 16.9 Å². The highest BCUT2D eigenvalue weighted by Crippen LogP contribution is 2.35. The second-order valence-corrected chi connectivity index (χ2v) is 4.73. The van der Waals surface area contributed by atoms with Crippen LogP contribution < -0.4 is 5.32 Å². The quantitative estimate of drug-likeness (QED) is 0.867. The van der Waals surface area contributed by atoms with Crippen molar-refractivity contribution in [3.8, 4) is 0 Å². The molecule has 0 amide bonds. The van der Waals surface area contributed by atoms with Gasteiger partial charge in [0, 0.05) is 16.8 Å². The maximum Gasteiger partial charge on any atom is 0.141 e. The van der Waals surface area contributed by atoms with E-state index in [0.29, 0.717) is 16.6 Å². The number of rotatable bonds is 3. The molecule has 1 heterocycles. The van der Waals surface area contributed by atoms with Crippen LogP contribution in [-0.4, -0.2) is 7.05 Å². The van der Waals surface area contributed by atoms with Crippen LogP contribution in [0.4, 0.5) is 8.78 Å². The van der Waals surface area contributed by atoms with Gasteiger partial charge in [-0.15, -0.1) is 11.3 Å². The number of hydrogen-bond donors (Lipinski definition) is 1. The number of nitrogens with one attached hydrogen (secondary N) is 1. The molecule has 1 aromatic carbocycles. The zero-order valence-electron chi connectivity index (χ0n) is 9.23. The van der Waals surface area contributed by atoms with Crippen LogP contribution in [0.2, 0.25) is 0 Å². The van der Waals surface area contributed by atoms with Crippen LogP contribution in [0.25, 0.3) is 10.1 Å².